The maximum atomic E-state index is 13.3. The summed E-state index contributed by atoms with van der Waals surface area (Å²) in [5, 5.41) is 8.54. The van der Waals surface area contributed by atoms with E-state index in [1.807, 2.05) is 0 Å². The van der Waals surface area contributed by atoms with Crippen molar-refractivity contribution in [3.8, 4) is 0 Å². The second-order valence-electron chi connectivity index (χ2n) is 4.28. The Bertz CT molecular complexity index is 285. The van der Waals surface area contributed by atoms with Gasteiger partial charge in [-0.1, -0.05) is 0 Å². The fraction of sp³-hybridized carbons (Fsp3) is 0.800. The van der Waals surface area contributed by atoms with Gasteiger partial charge in [0.2, 0.25) is 5.91 Å². The summed E-state index contributed by atoms with van der Waals surface area (Å²) in [4.78, 5) is 23.3. The third-order valence-corrected chi connectivity index (χ3v) is 2.92. The molecule has 1 saturated carbocycles. The molecule has 3 unspecified atom stereocenters. The Balaban J connectivity index is 2.51. The van der Waals surface area contributed by atoms with Crippen LogP contribution in [0.5, 0.6) is 0 Å². The summed E-state index contributed by atoms with van der Waals surface area (Å²) in [5.74, 6) is -1.81. The number of nitrogens with two attached hydrogens (primary N) is 1. The number of carboxylic acid groups (broad SMARTS) is 1. The maximum Gasteiger partial charge on any atom is 0.323 e. The first-order chi connectivity index (χ1) is 7.41. The highest BCUT2D eigenvalue weighted by Crippen LogP contribution is 2.27. The Morgan fingerprint density at radius 3 is 2.62 bits per heavy atom. The van der Waals surface area contributed by atoms with E-state index in [9.17, 15) is 14.0 Å². The monoisotopic (exact) mass is 232 g/mol. The average Bonchev–Trinajstić information content (AvgIpc) is 2.20. The zero-order valence-corrected chi connectivity index (χ0v) is 9.23. The fourth-order valence-electron chi connectivity index (χ4n) is 1.96. The summed E-state index contributed by atoms with van der Waals surface area (Å²) in [7, 11) is 1.41. The maximum absolute atomic E-state index is 13.3. The zero-order chi connectivity index (χ0) is 12.3. The van der Waals surface area contributed by atoms with E-state index in [4.69, 9.17) is 10.8 Å². The van der Waals surface area contributed by atoms with Gasteiger partial charge in [0.25, 0.3) is 0 Å². The van der Waals surface area contributed by atoms with Gasteiger partial charge in [-0.05, 0) is 19.3 Å². The van der Waals surface area contributed by atoms with Crippen LogP contribution in [-0.4, -0.2) is 47.7 Å². The Morgan fingerprint density at radius 2 is 2.12 bits per heavy atom. The number of carboxylic acids is 1. The first-order valence-corrected chi connectivity index (χ1v) is 5.28. The molecule has 0 radical (unpaired) electrons. The fourth-order valence-corrected chi connectivity index (χ4v) is 1.96. The number of nitrogens with zero attached hydrogens (tertiary/aromatic N) is 1. The van der Waals surface area contributed by atoms with Gasteiger partial charge in [0.15, 0.2) is 0 Å². The van der Waals surface area contributed by atoms with Crippen LogP contribution < -0.4 is 5.73 Å². The van der Waals surface area contributed by atoms with Crippen LogP contribution in [0.15, 0.2) is 0 Å². The van der Waals surface area contributed by atoms with E-state index in [2.05, 4.69) is 0 Å². The first kappa shape index (κ1) is 12.9. The molecule has 5 nitrogen and oxygen atoms in total. The van der Waals surface area contributed by atoms with Crippen molar-refractivity contribution in [1.29, 1.82) is 0 Å². The number of aliphatic carboxylic acids is 1. The second-order valence-corrected chi connectivity index (χ2v) is 4.28. The SMILES string of the molecule is CN(CC(=O)O)C(=O)C1CCC(N)C(F)C1. The largest absolute Gasteiger partial charge is 0.480 e. The minimum Gasteiger partial charge on any atom is -0.480 e. The van der Waals surface area contributed by atoms with Crippen molar-refractivity contribution >= 4 is 11.9 Å². The Kier molecular flexibility index (Phi) is 4.23. The standard InChI is InChI=1S/C10H17FN2O3/c1-13(5-9(14)15)10(16)6-2-3-8(12)7(11)4-6/h6-8H,2-5,12H2,1H3,(H,14,15). The van der Waals surface area contributed by atoms with Crippen molar-refractivity contribution in [2.24, 2.45) is 11.7 Å². The molecule has 0 bridgehead atoms. The summed E-state index contributed by atoms with van der Waals surface area (Å²) < 4.78 is 13.3. The van der Waals surface area contributed by atoms with Crippen LogP contribution in [-0.2, 0) is 9.59 Å². The normalized spacial score (nSPS) is 29.8. The van der Waals surface area contributed by atoms with Crippen molar-refractivity contribution in [1.82, 2.24) is 4.90 Å². The van der Waals surface area contributed by atoms with Gasteiger partial charge in [-0.3, -0.25) is 9.59 Å². The molecular formula is C10H17FN2O3. The highest BCUT2D eigenvalue weighted by molar-refractivity contribution is 5.82. The molecular weight excluding hydrogens is 215 g/mol. The highest BCUT2D eigenvalue weighted by Gasteiger charge is 2.33. The lowest BCUT2D eigenvalue weighted by atomic mass is 9.84. The van der Waals surface area contributed by atoms with Gasteiger partial charge in [0.1, 0.15) is 12.7 Å². The Labute approximate surface area is 93.4 Å². The number of hydrogen-bond donors (Lipinski definition) is 2. The molecule has 0 saturated heterocycles. The molecule has 0 aliphatic heterocycles. The molecule has 0 spiro atoms. The van der Waals surface area contributed by atoms with Crippen molar-refractivity contribution in [2.45, 2.75) is 31.5 Å². The second kappa shape index (κ2) is 5.25. The Hall–Kier alpha value is -1.17. The molecule has 0 aromatic rings. The third kappa shape index (κ3) is 3.16. The summed E-state index contributed by atoms with van der Waals surface area (Å²) in [6.07, 6.45) is -0.0618. The van der Waals surface area contributed by atoms with E-state index >= 15 is 0 Å². The number of rotatable bonds is 3. The van der Waals surface area contributed by atoms with Crippen LogP contribution in [0.2, 0.25) is 0 Å². The van der Waals surface area contributed by atoms with E-state index in [-0.39, 0.29) is 18.9 Å². The molecule has 1 aliphatic rings. The van der Waals surface area contributed by atoms with E-state index in [1.54, 1.807) is 0 Å². The molecule has 0 heterocycles. The van der Waals surface area contributed by atoms with Gasteiger partial charge in [0.05, 0.1) is 0 Å². The molecule has 1 fully saturated rings. The summed E-state index contributed by atoms with van der Waals surface area (Å²) in [5.41, 5.74) is 5.50. The minimum absolute atomic E-state index is 0.101. The minimum atomic E-state index is -1.17. The van der Waals surface area contributed by atoms with Gasteiger partial charge >= 0.3 is 5.97 Å². The van der Waals surface area contributed by atoms with Crippen LogP contribution in [0.4, 0.5) is 4.39 Å². The lowest BCUT2D eigenvalue weighted by Gasteiger charge is -2.30. The molecule has 0 aromatic heterocycles. The highest BCUT2D eigenvalue weighted by atomic mass is 19.1. The molecule has 6 heteroatoms. The van der Waals surface area contributed by atoms with Crippen molar-refractivity contribution in [2.75, 3.05) is 13.6 Å². The van der Waals surface area contributed by atoms with E-state index in [0.29, 0.717) is 12.8 Å². The number of amides is 1. The van der Waals surface area contributed by atoms with Crippen LogP contribution >= 0.6 is 0 Å². The van der Waals surface area contributed by atoms with E-state index in [1.165, 1.54) is 7.05 Å². The van der Waals surface area contributed by atoms with Crippen LogP contribution in [0, 0.1) is 5.92 Å². The predicted octanol–water partition coefficient (Wildman–Crippen LogP) is -0.00510. The van der Waals surface area contributed by atoms with Crippen LogP contribution in [0.3, 0.4) is 0 Å². The number of alkyl halides is 1. The number of likely N-dealkylation sites (N-methyl/N-ethyl adjacent to an activating group) is 1. The first-order valence-electron chi connectivity index (χ1n) is 5.28. The van der Waals surface area contributed by atoms with Gasteiger partial charge in [-0.2, -0.15) is 0 Å². The van der Waals surface area contributed by atoms with Crippen LogP contribution in [0.1, 0.15) is 19.3 Å². The molecule has 1 aliphatic carbocycles. The smallest absolute Gasteiger partial charge is 0.323 e. The molecule has 3 atom stereocenters. The van der Waals surface area contributed by atoms with E-state index < -0.39 is 24.1 Å². The lowest BCUT2D eigenvalue weighted by molar-refractivity contribution is -0.146. The molecule has 1 amide bonds. The van der Waals surface area contributed by atoms with Crippen molar-refractivity contribution in [3.63, 3.8) is 0 Å². The number of carbonyl (C=O) groups excluding carboxylic acids is 1. The van der Waals surface area contributed by atoms with Gasteiger partial charge in [-0.25, -0.2) is 4.39 Å². The summed E-state index contributed by atoms with van der Waals surface area (Å²) >= 11 is 0. The number of carbonyl (C=O) groups is 2. The topological polar surface area (TPSA) is 83.6 Å². The molecule has 1 rings (SSSR count). The summed E-state index contributed by atoms with van der Waals surface area (Å²) in [6.45, 7) is -0.349. The third-order valence-electron chi connectivity index (χ3n) is 2.92. The zero-order valence-electron chi connectivity index (χ0n) is 9.23. The molecule has 92 valence electrons. The number of hydrogen-bond acceptors (Lipinski definition) is 3. The van der Waals surface area contributed by atoms with Gasteiger partial charge < -0.3 is 15.7 Å². The van der Waals surface area contributed by atoms with Gasteiger partial charge in [0, 0.05) is 19.0 Å². The van der Waals surface area contributed by atoms with Crippen LogP contribution in [0.25, 0.3) is 0 Å². The number of halogens is 1. The quantitative estimate of drug-likeness (QED) is 0.717. The van der Waals surface area contributed by atoms with Crippen molar-refractivity contribution < 1.29 is 19.1 Å². The summed E-state index contributed by atoms with van der Waals surface area (Å²) in [6, 6.07) is -0.492. The lowest BCUT2D eigenvalue weighted by Crippen LogP contribution is -2.44. The molecule has 16 heavy (non-hydrogen) atoms. The predicted molar refractivity (Wildman–Crippen MR) is 55.5 cm³/mol. The molecule has 0 aromatic carbocycles. The molecule has 3 N–H and O–H groups in total. The Morgan fingerprint density at radius 1 is 1.50 bits per heavy atom. The van der Waals surface area contributed by atoms with Gasteiger partial charge in [-0.15, -0.1) is 0 Å². The van der Waals surface area contributed by atoms with Crippen molar-refractivity contribution in [3.05, 3.63) is 0 Å². The average molecular weight is 232 g/mol. The van der Waals surface area contributed by atoms with E-state index in [0.717, 1.165) is 4.90 Å².